The van der Waals surface area contributed by atoms with Crippen molar-refractivity contribution in [1.82, 2.24) is 24.7 Å². The molecule has 0 unspecified atom stereocenters. The maximum atomic E-state index is 11.0. The molecule has 128 valence electrons. The molecule has 0 spiro atoms. The zero-order valence-corrected chi connectivity index (χ0v) is 14.3. The monoisotopic (exact) mass is 358 g/mol. The first-order valence-electron chi connectivity index (χ1n) is 7.25. The SMILES string of the molecule is Cc1cc(Sc2nnc(CO)n2C)nc(-c2cccc([N+](=O)[O-])c2)n1. The number of rotatable bonds is 5. The molecular formula is C15H14N6O3S. The van der Waals surface area contributed by atoms with Gasteiger partial charge in [-0.15, -0.1) is 10.2 Å². The van der Waals surface area contributed by atoms with Crippen molar-refractivity contribution in [3.05, 3.63) is 52.0 Å². The van der Waals surface area contributed by atoms with Gasteiger partial charge in [0, 0.05) is 30.4 Å². The molecule has 3 aromatic rings. The Balaban J connectivity index is 1.96. The first-order valence-corrected chi connectivity index (χ1v) is 8.07. The summed E-state index contributed by atoms with van der Waals surface area (Å²) in [7, 11) is 1.75. The van der Waals surface area contributed by atoms with Crippen molar-refractivity contribution in [2.75, 3.05) is 0 Å². The molecule has 0 saturated heterocycles. The van der Waals surface area contributed by atoms with E-state index in [2.05, 4.69) is 20.2 Å². The van der Waals surface area contributed by atoms with Crippen LogP contribution in [0.1, 0.15) is 11.5 Å². The fraction of sp³-hybridized carbons (Fsp3) is 0.200. The number of aliphatic hydroxyl groups excluding tert-OH is 1. The second-order valence-electron chi connectivity index (χ2n) is 5.20. The van der Waals surface area contributed by atoms with Crippen molar-refractivity contribution >= 4 is 17.4 Å². The highest BCUT2D eigenvalue weighted by Gasteiger charge is 2.14. The molecule has 25 heavy (non-hydrogen) atoms. The normalized spacial score (nSPS) is 10.8. The van der Waals surface area contributed by atoms with Crippen LogP contribution in [0.25, 0.3) is 11.4 Å². The van der Waals surface area contributed by atoms with Crippen LogP contribution >= 0.6 is 11.8 Å². The maximum Gasteiger partial charge on any atom is 0.270 e. The Hall–Kier alpha value is -2.85. The molecule has 0 aliphatic rings. The quantitative estimate of drug-likeness (QED) is 0.418. The molecule has 0 saturated carbocycles. The van der Waals surface area contributed by atoms with Gasteiger partial charge in [0.15, 0.2) is 16.8 Å². The van der Waals surface area contributed by atoms with Crippen LogP contribution in [-0.4, -0.2) is 34.8 Å². The van der Waals surface area contributed by atoms with Crippen LogP contribution in [0, 0.1) is 17.0 Å². The molecule has 0 atom stereocenters. The number of aliphatic hydroxyl groups is 1. The van der Waals surface area contributed by atoms with Crippen molar-refractivity contribution in [2.45, 2.75) is 23.7 Å². The summed E-state index contributed by atoms with van der Waals surface area (Å²) in [6.07, 6.45) is 0. The molecule has 0 bridgehead atoms. The van der Waals surface area contributed by atoms with Gasteiger partial charge in [0.1, 0.15) is 11.6 Å². The largest absolute Gasteiger partial charge is 0.388 e. The number of aryl methyl sites for hydroxylation is 1. The Labute approximate surface area is 146 Å². The lowest BCUT2D eigenvalue weighted by Crippen LogP contribution is -1.99. The summed E-state index contributed by atoms with van der Waals surface area (Å²) in [6, 6.07) is 7.98. The smallest absolute Gasteiger partial charge is 0.270 e. The van der Waals surface area contributed by atoms with Crippen molar-refractivity contribution in [3.8, 4) is 11.4 Å². The van der Waals surface area contributed by atoms with Crippen molar-refractivity contribution in [3.63, 3.8) is 0 Å². The lowest BCUT2D eigenvalue weighted by Gasteiger charge is -2.06. The van der Waals surface area contributed by atoms with Gasteiger partial charge in [0.25, 0.3) is 5.69 Å². The van der Waals surface area contributed by atoms with Crippen molar-refractivity contribution < 1.29 is 10.0 Å². The van der Waals surface area contributed by atoms with Gasteiger partial charge in [0.2, 0.25) is 0 Å². The summed E-state index contributed by atoms with van der Waals surface area (Å²) in [6.45, 7) is 1.62. The van der Waals surface area contributed by atoms with Gasteiger partial charge in [0.05, 0.1) is 4.92 Å². The minimum absolute atomic E-state index is 0.0160. The molecule has 0 aliphatic carbocycles. The second-order valence-corrected chi connectivity index (χ2v) is 6.18. The predicted molar refractivity (Wildman–Crippen MR) is 89.9 cm³/mol. The summed E-state index contributed by atoms with van der Waals surface area (Å²) < 4.78 is 1.68. The van der Waals surface area contributed by atoms with E-state index in [0.717, 1.165) is 5.69 Å². The van der Waals surface area contributed by atoms with E-state index >= 15 is 0 Å². The minimum atomic E-state index is -0.453. The highest BCUT2D eigenvalue weighted by molar-refractivity contribution is 7.99. The minimum Gasteiger partial charge on any atom is -0.388 e. The molecular weight excluding hydrogens is 344 g/mol. The van der Waals surface area contributed by atoms with E-state index in [-0.39, 0.29) is 12.3 Å². The molecule has 0 fully saturated rings. The van der Waals surface area contributed by atoms with Crippen molar-refractivity contribution in [2.24, 2.45) is 7.05 Å². The lowest BCUT2D eigenvalue weighted by molar-refractivity contribution is -0.384. The Bertz CT molecular complexity index is 943. The summed E-state index contributed by atoms with van der Waals surface area (Å²) in [5.74, 6) is 0.850. The second kappa shape index (κ2) is 6.95. The van der Waals surface area contributed by atoms with Crippen LogP contribution < -0.4 is 0 Å². The van der Waals surface area contributed by atoms with Gasteiger partial charge in [-0.05, 0) is 24.8 Å². The summed E-state index contributed by atoms with van der Waals surface area (Å²) in [5, 5.41) is 29.3. The number of hydrogen-bond acceptors (Lipinski definition) is 8. The van der Waals surface area contributed by atoms with Crippen LogP contribution in [0.3, 0.4) is 0 Å². The van der Waals surface area contributed by atoms with E-state index in [9.17, 15) is 15.2 Å². The molecule has 9 nitrogen and oxygen atoms in total. The number of hydrogen-bond donors (Lipinski definition) is 1. The van der Waals surface area contributed by atoms with E-state index in [1.165, 1.54) is 23.9 Å². The molecule has 1 N–H and O–H groups in total. The molecule has 2 aromatic heterocycles. The number of nitro benzene ring substituents is 1. The zero-order chi connectivity index (χ0) is 18.0. The van der Waals surface area contributed by atoms with Crippen LogP contribution in [-0.2, 0) is 13.7 Å². The summed E-state index contributed by atoms with van der Waals surface area (Å²) in [5.41, 5.74) is 1.27. The lowest BCUT2D eigenvalue weighted by atomic mass is 10.2. The number of nitro groups is 1. The molecule has 10 heteroatoms. The van der Waals surface area contributed by atoms with Crippen LogP contribution in [0.2, 0.25) is 0 Å². The van der Waals surface area contributed by atoms with Crippen LogP contribution in [0.15, 0.2) is 40.5 Å². The van der Waals surface area contributed by atoms with E-state index in [1.54, 1.807) is 29.8 Å². The van der Waals surface area contributed by atoms with E-state index in [1.807, 2.05) is 6.92 Å². The van der Waals surface area contributed by atoms with E-state index < -0.39 is 4.92 Å². The Morgan fingerprint density at radius 1 is 1.28 bits per heavy atom. The molecule has 1 aromatic carbocycles. The fourth-order valence-corrected chi connectivity index (χ4v) is 3.02. The average Bonchev–Trinajstić information content (AvgIpc) is 2.94. The van der Waals surface area contributed by atoms with Crippen molar-refractivity contribution in [1.29, 1.82) is 0 Å². The molecule has 0 radical (unpaired) electrons. The molecule has 3 rings (SSSR count). The van der Waals surface area contributed by atoms with E-state index in [4.69, 9.17) is 0 Å². The third kappa shape index (κ3) is 3.64. The topological polar surface area (TPSA) is 120 Å². The maximum absolute atomic E-state index is 11.0. The van der Waals surface area contributed by atoms with Crippen LogP contribution in [0.4, 0.5) is 5.69 Å². The number of aromatic nitrogens is 5. The first-order chi connectivity index (χ1) is 12.0. The number of benzene rings is 1. The fourth-order valence-electron chi connectivity index (χ4n) is 2.14. The third-order valence-electron chi connectivity index (χ3n) is 3.41. The number of nitrogens with zero attached hydrogens (tertiary/aromatic N) is 6. The van der Waals surface area contributed by atoms with Gasteiger partial charge in [-0.3, -0.25) is 10.1 Å². The Kier molecular flexibility index (Phi) is 4.72. The average molecular weight is 358 g/mol. The van der Waals surface area contributed by atoms with Gasteiger partial charge < -0.3 is 9.67 Å². The van der Waals surface area contributed by atoms with Crippen LogP contribution in [0.5, 0.6) is 0 Å². The van der Waals surface area contributed by atoms with Gasteiger partial charge >= 0.3 is 0 Å². The highest BCUT2D eigenvalue weighted by atomic mass is 32.2. The molecule has 2 heterocycles. The third-order valence-corrected chi connectivity index (χ3v) is 4.36. The predicted octanol–water partition coefficient (Wildman–Crippen LogP) is 2.13. The Morgan fingerprint density at radius 2 is 2.08 bits per heavy atom. The Morgan fingerprint density at radius 3 is 2.76 bits per heavy atom. The zero-order valence-electron chi connectivity index (χ0n) is 13.4. The standard InChI is InChI=1S/C15H14N6O3S/c1-9-6-13(25-15-19-18-12(8-22)20(15)2)17-14(16-9)10-4-3-5-11(7-10)21(23)24/h3-7,22H,8H2,1-2H3. The number of non-ortho nitro benzene ring substituents is 1. The van der Waals surface area contributed by atoms with E-state index in [0.29, 0.717) is 27.4 Å². The molecule has 0 aliphatic heterocycles. The summed E-state index contributed by atoms with van der Waals surface area (Å²) >= 11 is 1.28. The van der Waals surface area contributed by atoms with Gasteiger partial charge in [-0.2, -0.15) is 0 Å². The first kappa shape index (κ1) is 17.0. The summed E-state index contributed by atoms with van der Waals surface area (Å²) in [4.78, 5) is 19.3. The molecule has 0 amide bonds. The van der Waals surface area contributed by atoms with Gasteiger partial charge in [-0.1, -0.05) is 12.1 Å². The van der Waals surface area contributed by atoms with Gasteiger partial charge in [-0.25, -0.2) is 9.97 Å². The highest BCUT2D eigenvalue weighted by Crippen LogP contribution is 2.28.